The van der Waals surface area contributed by atoms with Crippen LogP contribution in [0.15, 0.2) is 50.0 Å². The lowest BCUT2D eigenvalue weighted by Crippen LogP contribution is -2.28. The monoisotopic (exact) mass is 446 g/mol. The molecule has 6 N–H and O–H groups in total. The maximum atomic E-state index is 12.6. The molecule has 2 heterocycles. The zero-order valence-electron chi connectivity index (χ0n) is 13.9. The second kappa shape index (κ2) is 7.72. The molecule has 0 aliphatic carbocycles. The minimum Gasteiger partial charge on any atom is -0.399 e. The number of nitrogens with one attached hydrogen (secondary N) is 2. The highest BCUT2D eigenvalue weighted by molar-refractivity contribution is 9.10. The number of aromatic nitrogens is 1. The number of nitrogens with two attached hydrogens (primary N) is 2. The number of thiophene rings is 1. The van der Waals surface area contributed by atoms with Crippen LogP contribution in [0.4, 0.5) is 10.7 Å². The highest BCUT2D eigenvalue weighted by atomic mass is 79.9. The normalized spacial score (nSPS) is 11.5. The topological polar surface area (TPSA) is 139 Å². The van der Waals surface area contributed by atoms with Crippen molar-refractivity contribution in [2.45, 2.75) is 6.54 Å². The van der Waals surface area contributed by atoms with Crippen molar-refractivity contribution in [2.75, 3.05) is 11.1 Å². The number of pyridine rings is 1. The number of hydrogen-bond donors (Lipinski definition) is 4. The number of carbonyl (C=O) groups is 1. The third-order valence-corrected chi connectivity index (χ3v) is 5.60. The van der Waals surface area contributed by atoms with Crippen LogP contribution in [0, 0.1) is 5.41 Å². The van der Waals surface area contributed by atoms with Gasteiger partial charge in [-0.1, -0.05) is 0 Å². The predicted octanol–water partition coefficient (Wildman–Crippen LogP) is 2.36. The number of anilines is 2. The standard InChI is InChI=1S/C17H15BrN6O2S/c18-11-7-27-17(15(11)16(21)22-8-19)23-13(25)6-24-12-3-2-10(20)5-9(12)1-4-14(24)26/h1-5,7-8H,6,20H2,(H,23,25)(H3,19,21,22). The number of nitrogens with zero attached hydrogens (tertiary/aromatic N) is 2. The van der Waals surface area contributed by atoms with Crippen LogP contribution in [0.25, 0.3) is 10.9 Å². The minimum absolute atomic E-state index is 0.103. The molecule has 0 unspecified atom stereocenters. The van der Waals surface area contributed by atoms with Gasteiger partial charge in [0.15, 0.2) is 0 Å². The summed E-state index contributed by atoms with van der Waals surface area (Å²) in [6.45, 7) is -0.170. The van der Waals surface area contributed by atoms with Crippen molar-refractivity contribution in [3.63, 3.8) is 0 Å². The van der Waals surface area contributed by atoms with Crippen molar-refractivity contribution < 1.29 is 4.79 Å². The third kappa shape index (κ3) is 3.91. The van der Waals surface area contributed by atoms with Gasteiger partial charge in [-0.25, -0.2) is 4.99 Å². The molecule has 138 valence electrons. The molecule has 0 spiro atoms. The molecule has 1 aromatic carbocycles. The molecule has 0 saturated carbocycles. The zero-order chi connectivity index (χ0) is 19.6. The summed E-state index contributed by atoms with van der Waals surface area (Å²) in [4.78, 5) is 28.5. The van der Waals surface area contributed by atoms with E-state index in [4.69, 9.17) is 16.9 Å². The molecule has 0 aliphatic rings. The molecule has 0 atom stereocenters. The Kier molecular flexibility index (Phi) is 5.38. The maximum absolute atomic E-state index is 12.6. The number of rotatable bonds is 5. The second-order valence-corrected chi connectivity index (χ2v) is 7.29. The molecule has 8 nitrogen and oxygen atoms in total. The number of aliphatic imine (C=N–C) groups is 1. The number of nitrogen functional groups attached to an aromatic ring is 1. The van der Waals surface area contributed by atoms with Gasteiger partial charge in [0, 0.05) is 27.0 Å². The van der Waals surface area contributed by atoms with E-state index in [0.29, 0.717) is 26.2 Å². The largest absolute Gasteiger partial charge is 0.399 e. The molecule has 0 bridgehead atoms. The molecule has 1 amide bonds. The van der Waals surface area contributed by atoms with Gasteiger partial charge >= 0.3 is 0 Å². The van der Waals surface area contributed by atoms with Crippen molar-refractivity contribution in [3.05, 3.63) is 56.1 Å². The first-order chi connectivity index (χ1) is 12.9. The number of amides is 1. The quantitative estimate of drug-likeness (QED) is 0.271. The van der Waals surface area contributed by atoms with E-state index in [-0.39, 0.29) is 23.8 Å². The summed E-state index contributed by atoms with van der Waals surface area (Å²) >= 11 is 4.61. The summed E-state index contributed by atoms with van der Waals surface area (Å²) in [5, 5.41) is 12.8. The minimum atomic E-state index is -0.389. The Labute approximate surface area is 166 Å². The van der Waals surface area contributed by atoms with Gasteiger partial charge in [-0.05, 0) is 40.2 Å². The first kappa shape index (κ1) is 18.8. The SMILES string of the molecule is N=CN=C(N)c1c(Br)csc1NC(=O)Cn1c(=O)ccc2cc(N)ccc21. The van der Waals surface area contributed by atoms with E-state index in [9.17, 15) is 9.59 Å². The fourth-order valence-corrected chi connectivity index (χ4v) is 4.25. The Balaban J connectivity index is 1.91. The van der Waals surface area contributed by atoms with E-state index in [1.54, 1.807) is 29.6 Å². The van der Waals surface area contributed by atoms with E-state index in [1.807, 2.05) is 0 Å². The van der Waals surface area contributed by atoms with Crippen LogP contribution in [-0.2, 0) is 11.3 Å². The Morgan fingerprint density at radius 1 is 1.37 bits per heavy atom. The molecule has 27 heavy (non-hydrogen) atoms. The second-order valence-electron chi connectivity index (χ2n) is 5.56. The molecule has 3 aromatic rings. The average Bonchev–Trinajstić information content (AvgIpc) is 2.98. The van der Waals surface area contributed by atoms with Gasteiger partial charge in [0.2, 0.25) is 5.91 Å². The van der Waals surface area contributed by atoms with Crippen LogP contribution in [0.5, 0.6) is 0 Å². The van der Waals surface area contributed by atoms with Crippen molar-refractivity contribution in [3.8, 4) is 0 Å². The Morgan fingerprint density at radius 2 is 2.15 bits per heavy atom. The fraction of sp³-hybridized carbons (Fsp3) is 0.0588. The van der Waals surface area contributed by atoms with Crippen LogP contribution < -0.4 is 22.3 Å². The molecular formula is C17H15BrN6O2S. The van der Waals surface area contributed by atoms with Crippen molar-refractivity contribution in [1.29, 1.82) is 5.41 Å². The van der Waals surface area contributed by atoms with Crippen LogP contribution in [0.3, 0.4) is 0 Å². The molecule has 3 rings (SSSR count). The number of carbonyl (C=O) groups excluding carboxylic acids is 1. The van der Waals surface area contributed by atoms with Gasteiger partial charge in [0.25, 0.3) is 5.56 Å². The van der Waals surface area contributed by atoms with Crippen LogP contribution in [-0.4, -0.2) is 22.6 Å². The van der Waals surface area contributed by atoms with Gasteiger partial charge in [0.05, 0.1) is 11.1 Å². The average molecular weight is 447 g/mol. The van der Waals surface area contributed by atoms with Crippen molar-refractivity contribution in [1.82, 2.24) is 4.57 Å². The first-order valence-corrected chi connectivity index (χ1v) is 9.36. The molecular weight excluding hydrogens is 432 g/mol. The molecule has 0 fully saturated rings. The molecule has 0 aliphatic heterocycles. The van der Waals surface area contributed by atoms with E-state index in [2.05, 4.69) is 26.2 Å². The van der Waals surface area contributed by atoms with E-state index < -0.39 is 0 Å². The Morgan fingerprint density at radius 3 is 2.89 bits per heavy atom. The highest BCUT2D eigenvalue weighted by Gasteiger charge is 2.17. The molecule has 2 aromatic heterocycles. The third-order valence-electron chi connectivity index (χ3n) is 3.77. The summed E-state index contributed by atoms with van der Waals surface area (Å²) in [6, 6.07) is 8.20. The fourth-order valence-electron chi connectivity index (χ4n) is 2.60. The zero-order valence-corrected chi connectivity index (χ0v) is 16.3. The number of halogens is 1. The lowest BCUT2D eigenvalue weighted by molar-refractivity contribution is -0.116. The van der Waals surface area contributed by atoms with E-state index in [0.717, 1.165) is 11.7 Å². The summed E-state index contributed by atoms with van der Waals surface area (Å²) in [6.07, 6.45) is 0.826. The van der Waals surface area contributed by atoms with E-state index in [1.165, 1.54) is 22.0 Å². The maximum Gasteiger partial charge on any atom is 0.251 e. The van der Waals surface area contributed by atoms with Crippen LogP contribution in [0.1, 0.15) is 5.56 Å². The summed E-state index contributed by atoms with van der Waals surface area (Å²) in [5.74, 6) is -0.286. The smallest absolute Gasteiger partial charge is 0.251 e. The number of amidine groups is 1. The van der Waals surface area contributed by atoms with Crippen LogP contribution >= 0.6 is 27.3 Å². The van der Waals surface area contributed by atoms with Gasteiger partial charge in [0.1, 0.15) is 23.7 Å². The molecule has 0 saturated heterocycles. The first-order valence-electron chi connectivity index (χ1n) is 7.69. The summed E-state index contributed by atoms with van der Waals surface area (Å²) in [7, 11) is 0. The molecule has 10 heteroatoms. The summed E-state index contributed by atoms with van der Waals surface area (Å²) < 4.78 is 2.03. The highest BCUT2D eigenvalue weighted by Crippen LogP contribution is 2.32. The van der Waals surface area contributed by atoms with Gasteiger partial charge in [-0.3, -0.25) is 19.6 Å². The van der Waals surface area contributed by atoms with Gasteiger partial charge < -0.3 is 16.8 Å². The number of benzene rings is 1. The lowest BCUT2D eigenvalue weighted by Gasteiger charge is -2.11. The number of fused-ring (bicyclic) bond motifs is 1. The summed E-state index contributed by atoms with van der Waals surface area (Å²) in [5.41, 5.74) is 13.0. The molecule has 0 radical (unpaired) electrons. The van der Waals surface area contributed by atoms with Crippen molar-refractivity contribution in [2.24, 2.45) is 10.7 Å². The predicted molar refractivity (Wildman–Crippen MR) is 113 cm³/mol. The van der Waals surface area contributed by atoms with Gasteiger partial charge in [-0.2, -0.15) is 0 Å². The van der Waals surface area contributed by atoms with E-state index >= 15 is 0 Å². The van der Waals surface area contributed by atoms with Gasteiger partial charge in [-0.15, -0.1) is 11.3 Å². The Hall–Kier alpha value is -2.98. The van der Waals surface area contributed by atoms with Crippen LogP contribution in [0.2, 0.25) is 0 Å². The van der Waals surface area contributed by atoms with Crippen molar-refractivity contribution >= 4 is 66.9 Å². The Bertz CT molecular complexity index is 1130. The number of hydrogen-bond acceptors (Lipinski definition) is 5. The lowest BCUT2D eigenvalue weighted by atomic mass is 10.2.